The van der Waals surface area contributed by atoms with E-state index in [1.54, 1.807) is 4.90 Å². The number of aliphatic hydroxyl groups excluding tert-OH is 1. The average molecular weight is 286 g/mol. The van der Waals surface area contributed by atoms with Gasteiger partial charge in [-0.1, -0.05) is 0 Å². The zero-order chi connectivity index (χ0) is 14.7. The molecule has 2 rings (SSSR count). The molecule has 0 spiro atoms. The van der Waals surface area contributed by atoms with Crippen LogP contribution < -0.4 is 4.90 Å². The van der Waals surface area contributed by atoms with Crippen LogP contribution >= 0.6 is 0 Å². The maximum atomic E-state index is 13.6. The van der Waals surface area contributed by atoms with Gasteiger partial charge in [0.05, 0.1) is 4.92 Å². The van der Waals surface area contributed by atoms with Gasteiger partial charge >= 0.3 is 5.69 Å². The molecule has 0 saturated carbocycles. The van der Waals surface area contributed by atoms with Crippen LogP contribution in [0.1, 0.15) is 25.7 Å². The van der Waals surface area contributed by atoms with E-state index < -0.39 is 22.2 Å². The smallest absolute Gasteiger partial charge is 0.328 e. The van der Waals surface area contributed by atoms with E-state index in [0.717, 1.165) is 18.9 Å². The molecule has 5 nitrogen and oxygen atoms in total. The molecule has 1 heterocycles. The quantitative estimate of drug-likeness (QED) is 0.667. The van der Waals surface area contributed by atoms with Crippen LogP contribution in [0.2, 0.25) is 0 Å². The summed E-state index contributed by atoms with van der Waals surface area (Å²) in [6, 6.07) is 1.51. The molecule has 1 aromatic carbocycles. The van der Waals surface area contributed by atoms with Gasteiger partial charge in [-0.3, -0.25) is 10.1 Å². The van der Waals surface area contributed by atoms with E-state index >= 15 is 0 Å². The Balaban J connectivity index is 2.37. The van der Waals surface area contributed by atoms with Crippen LogP contribution in [-0.2, 0) is 0 Å². The molecule has 1 fully saturated rings. The molecule has 1 saturated heterocycles. The summed E-state index contributed by atoms with van der Waals surface area (Å²) in [4.78, 5) is 11.9. The molecule has 0 bridgehead atoms. The molecule has 20 heavy (non-hydrogen) atoms. The monoisotopic (exact) mass is 286 g/mol. The Morgan fingerprint density at radius 3 is 2.85 bits per heavy atom. The van der Waals surface area contributed by atoms with Crippen molar-refractivity contribution in [2.24, 2.45) is 0 Å². The SMILES string of the molecule is O=[N+]([O-])c1c(F)cc(F)cc1N1CCCC1CCCO. The lowest BCUT2D eigenvalue weighted by Gasteiger charge is -2.26. The number of hydrogen-bond acceptors (Lipinski definition) is 4. The maximum Gasteiger partial charge on any atom is 0.328 e. The van der Waals surface area contributed by atoms with Gasteiger partial charge < -0.3 is 10.0 Å². The van der Waals surface area contributed by atoms with E-state index in [0.29, 0.717) is 25.5 Å². The number of nitrogens with zero attached hydrogens (tertiary/aromatic N) is 2. The van der Waals surface area contributed by atoms with Crippen LogP contribution in [0.15, 0.2) is 12.1 Å². The average Bonchev–Trinajstić information content (AvgIpc) is 2.82. The molecule has 110 valence electrons. The van der Waals surface area contributed by atoms with Crippen molar-refractivity contribution < 1.29 is 18.8 Å². The zero-order valence-corrected chi connectivity index (χ0v) is 10.9. The Morgan fingerprint density at radius 1 is 1.45 bits per heavy atom. The fraction of sp³-hybridized carbons (Fsp3) is 0.538. The Morgan fingerprint density at radius 2 is 2.20 bits per heavy atom. The van der Waals surface area contributed by atoms with Gasteiger partial charge in [0.2, 0.25) is 5.82 Å². The molecule has 1 atom stereocenters. The number of aliphatic hydroxyl groups is 1. The molecule has 7 heteroatoms. The highest BCUT2D eigenvalue weighted by Crippen LogP contribution is 2.37. The second-order valence-electron chi connectivity index (χ2n) is 4.87. The number of nitro benzene ring substituents is 1. The second-order valence-corrected chi connectivity index (χ2v) is 4.87. The highest BCUT2D eigenvalue weighted by atomic mass is 19.1. The normalized spacial score (nSPS) is 18.6. The minimum Gasteiger partial charge on any atom is -0.396 e. The van der Waals surface area contributed by atoms with Crippen molar-refractivity contribution >= 4 is 11.4 Å². The van der Waals surface area contributed by atoms with E-state index in [2.05, 4.69) is 0 Å². The number of benzene rings is 1. The summed E-state index contributed by atoms with van der Waals surface area (Å²) in [5.41, 5.74) is -0.685. The van der Waals surface area contributed by atoms with Gasteiger partial charge in [0.1, 0.15) is 11.5 Å². The van der Waals surface area contributed by atoms with Crippen LogP contribution in [0.3, 0.4) is 0 Å². The van der Waals surface area contributed by atoms with Crippen LogP contribution in [0, 0.1) is 21.7 Å². The second kappa shape index (κ2) is 6.13. The summed E-state index contributed by atoms with van der Waals surface area (Å²) in [5, 5.41) is 19.9. The third-order valence-corrected chi connectivity index (χ3v) is 3.57. The lowest BCUT2D eigenvalue weighted by Crippen LogP contribution is -2.30. The van der Waals surface area contributed by atoms with Gasteiger partial charge in [-0.25, -0.2) is 4.39 Å². The van der Waals surface area contributed by atoms with Crippen molar-refractivity contribution in [3.8, 4) is 0 Å². The molecule has 1 aliphatic heterocycles. The first kappa shape index (κ1) is 14.6. The number of halogens is 2. The van der Waals surface area contributed by atoms with Gasteiger partial charge in [0.15, 0.2) is 0 Å². The Kier molecular flexibility index (Phi) is 4.49. The molecule has 0 aromatic heterocycles. The first-order valence-electron chi connectivity index (χ1n) is 6.55. The molecule has 0 amide bonds. The van der Waals surface area contributed by atoms with Crippen molar-refractivity contribution in [2.75, 3.05) is 18.1 Å². The first-order chi connectivity index (χ1) is 9.54. The van der Waals surface area contributed by atoms with Gasteiger partial charge in [0.25, 0.3) is 0 Å². The Labute approximate surface area is 115 Å². The Hall–Kier alpha value is -1.76. The molecule has 0 radical (unpaired) electrons. The largest absolute Gasteiger partial charge is 0.396 e. The number of nitro groups is 1. The topological polar surface area (TPSA) is 66.6 Å². The highest BCUT2D eigenvalue weighted by molar-refractivity contribution is 5.65. The van der Waals surface area contributed by atoms with Crippen molar-refractivity contribution in [3.05, 3.63) is 33.9 Å². The molecule has 1 N–H and O–H groups in total. The van der Waals surface area contributed by atoms with Crippen LogP contribution in [0.25, 0.3) is 0 Å². The summed E-state index contributed by atoms with van der Waals surface area (Å²) >= 11 is 0. The van der Waals surface area contributed by atoms with Gasteiger partial charge in [0, 0.05) is 31.3 Å². The fourth-order valence-electron chi connectivity index (χ4n) is 2.73. The summed E-state index contributed by atoms with van der Waals surface area (Å²) < 4.78 is 27.0. The predicted octanol–water partition coefficient (Wildman–Crippen LogP) is 2.61. The number of anilines is 1. The van der Waals surface area contributed by atoms with Gasteiger partial charge in [-0.15, -0.1) is 0 Å². The molecular weight excluding hydrogens is 270 g/mol. The zero-order valence-electron chi connectivity index (χ0n) is 10.9. The predicted molar refractivity (Wildman–Crippen MR) is 69.7 cm³/mol. The molecule has 1 aromatic rings. The van der Waals surface area contributed by atoms with E-state index in [1.165, 1.54) is 0 Å². The standard InChI is InChI=1S/C13H16F2N2O3/c14-9-7-11(15)13(17(19)20)12(8-9)16-5-1-3-10(16)4-2-6-18/h7-8,10,18H,1-6H2. The number of rotatable bonds is 5. The molecule has 0 aliphatic carbocycles. The summed E-state index contributed by atoms with van der Waals surface area (Å²) in [7, 11) is 0. The fourth-order valence-corrected chi connectivity index (χ4v) is 2.73. The van der Waals surface area contributed by atoms with Crippen LogP contribution in [0.4, 0.5) is 20.2 Å². The lowest BCUT2D eigenvalue weighted by atomic mass is 10.1. The molecule has 1 unspecified atom stereocenters. The highest BCUT2D eigenvalue weighted by Gasteiger charge is 2.32. The van der Waals surface area contributed by atoms with Crippen LogP contribution in [0.5, 0.6) is 0 Å². The minimum atomic E-state index is -1.15. The third-order valence-electron chi connectivity index (χ3n) is 3.57. The molecular formula is C13H16F2N2O3. The summed E-state index contributed by atoms with van der Waals surface area (Å²) in [6.07, 6.45) is 2.82. The first-order valence-corrected chi connectivity index (χ1v) is 6.55. The van der Waals surface area contributed by atoms with Crippen molar-refractivity contribution in [1.29, 1.82) is 0 Å². The van der Waals surface area contributed by atoms with E-state index in [1.807, 2.05) is 0 Å². The Bertz CT molecular complexity index is 511. The van der Waals surface area contributed by atoms with E-state index in [-0.39, 0.29) is 18.3 Å². The maximum absolute atomic E-state index is 13.6. The van der Waals surface area contributed by atoms with Gasteiger partial charge in [-0.2, -0.15) is 4.39 Å². The van der Waals surface area contributed by atoms with E-state index in [4.69, 9.17) is 5.11 Å². The summed E-state index contributed by atoms with van der Waals surface area (Å²) in [6.45, 7) is 0.559. The lowest BCUT2D eigenvalue weighted by molar-refractivity contribution is -0.386. The van der Waals surface area contributed by atoms with Crippen molar-refractivity contribution in [2.45, 2.75) is 31.7 Å². The van der Waals surface area contributed by atoms with E-state index in [9.17, 15) is 18.9 Å². The van der Waals surface area contributed by atoms with Crippen molar-refractivity contribution in [3.63, 3.8) is 0 Å². The van der Waals surface area contributed by atoms with Crippen LogP contribution in [-0.4, -0.2) is 29.2 Å². The number of hydrogen-bond donors (Lipinski definition) is 1. The molecule has 1 aliphatic rings. The minimum absolute atomic E-state index is 0.00654. The summed E-state index contributed by atoms with van der Waals surface area (Å²) in [5.74, 6) is -1.98. The third kappa shape index (κ3) is 2.87. The van der Waals surface area contributed by atoms with Crippen molar-refractivity contribution in [1.82, 2.24) is 0 Å². The van der Waals surface area contributed by atoms with Gasteiger partial charge in [-0.05, 0) is 25.7 Å².